The van der Waals surface area contributed by atoms with Crippen LogP contribution < -0.4 is 5.32 Å². The van der Waals surface area contributed by atoms with E-state index in [1.807, 2.05) is 0 Å². The highest BCUT2D eigenvalue weighted by atomic mass is 32.2. The van der Waals surface area contributed by atoms with E-state index in [0.29, 0.717) is 29.4 Å². The molecule has 0 radical (unpaired) electrons. The number of rotatable bonds is 6. The van der Waals surface area contributed by atoms with Crippen molar-refractivity contribution >= 4 is 32.4 Å². The summed E-state index contributed by atoms with van der Waals surface area (Å²) in [4.78, 5) is 21.7. The van der Waals surface area contributed by atoms with Crippen molar-refractivity contribution in [2.24, 2.45) is 13.0 Å². The number of amides is 1. The average Bonchev–Trinajstić information content (AvgIpc) is 3.36. The monoisotopic (exact) mass is 495 g/mol. The maximum Gasteiger partial charge on any atom is 0.262 e. The van der Waals surface area contributed by atoms with Crippen LogP contribution in [0, 0.1) is 24.5 Å². The Morgan fingerprint density at radius 3 is 2.64 bits per heavy atom. The molecule has 2 aromatic heterocycles. The molecule has 0 spiro atoms. The van der Waals surface area contributed by atoms with Gasteiger partial charge in [-0.1, -0.05) is 6.07 Å². The molecule has 8 nitrogen and oxygen atoms in total. The topological polar surface area (TPSA) is 97.2 Å². The number of hydrogen-bond acceptors (Lipinski definition) is 6. The number of carbonyl (C=O) groups is 1. The van der Waals surface area contributed by atoms with Crippen molar-refractivity contribution in [3.05, 3.63) is 58.5 Å². The minimum atomic E-state index is -3.70. The van der Waals surface area contributed by atoms with Crippen LogP contribution >= 0.6 is 11.3 Å². The first kappa shape index (κ1) is 23.5. The number of aromatic nitrogens is 3. The number of imidazole rings is 1. The number of piperidine rings is 1. The standard InChI is InChI=1S/C21H23F2N5O3S2/c1-13-25-19(12-27(13)2)33(30,31)28-7-5-14(6-8-28)20(29)26-21-24-11-17(32-21)9-15-3-4-16(22)10-18(15)23/h3-4,10-12,14H,5-9H2,1-2H3,(H,24,26,29). The van der Waals surface area contributed by atoms with E-state index in [0.717, 1.165) is 10.9 Å². The number of thiazole rings is 1. The summed E-state index contributed by atoms with van der Waals surface area (Å²) in [7, 11) is -1.96. The minimum Gasteiger partial charge on any atom is -0.337 e. The van der Waals surface area contributed by atoms with Gasteiger partial charge in [-0.15, -0.1) is 11.3 Å². The number of halogens is 2. The van der Waals surface area contributed by atoms with E-state index in [4.69, 9.17) is 0 Å². The van der Waals surface area contributed by atoms with Gasteiger partial charge in [-0.2, -0.15) is 4.31 Å². The largest absolute Gasteiger partial charge is 0.337 e. The van der Waals surface area contributed by atoms with Crippen LogP contribution in [0.1, 0.15) is 29.1 Å². The van der Waals surface area contributed by atoms with Crippen molar-refractivity contribution in [2.45, 2.75) is 31.2 Å². The minimum absolute atomic E-state index is 0.0123. The van der Waals surface area contributed by atoms with Gasteiger partial charge >= 0.3 is 0 Å². The zero-order valence-electron chi connectivity index (χ0n) is 18.1. The predicted octanol–water partition coefficient (Wildman–Crippen LogP) is 3.09. The smallest absolute Gasteiger partial charge is 0.262 e. The van der Waals surface area contributed by atoms with Gasteiger partial charge in [0.2, 0.25) is 5.91 Å². The van der Waals surface area contributed by atoms with Gasteiger partial charge in [0.25, 0.3) is 10.0 Å². The molecule has 0 bridgehead atoms. The first-order valence-corrected chi connectivity index (χ1v) is 12.6. The summed E-state index contributed by atoms with van der Waals surface area (Å²) in [6.45, 7) is 2.18. The Kier molecular flexibility index (Phi) is 6.59. The van der Waals surface area contributed by atoms with Crippen LogP contribution in [0.5, 0.6) is 0 Å². The number of nitrogens with one attached hydrogen (secondary N) is 1. The highest BCUT2D eigenvalue weighted by molar-refractivity contribution is 7.89. The van der Waals surface area contributed by atoms with Crippen molar-refractivity contribution in [3.63, 3.8) is 0 Å². The lowest BCUT2D eigenvalue weighted by Gasteiger charge is -2.29. The maximum atomic E-state index is 13.9. The van der Waals surface area contributed by atoms with Crippen LogP contribution in [0.25, 0.3) is 0 Å². The molecule has 1 fully saturated rings. The molecule has 1 N–H and O–H groups in total. The van der Waals surface area contributed by atoms with Gasteiger partial charge < -0.3 is 9.88 Å². The molecule has 176 valence electrons. The third-order valence-electron chi connectivity index (χ3n) is 5.68. The average molecular weight is 496 g/mol. The van der Waals surface area contributed by atoms with Crippen molar-refractivity contribution < 1.29 is 22.0 Å². The summed E-state index contributed by atoms with van der Waals surface area (Å²) in [5, 5.41) is 3.17. The van der Waals surface area contributed by atoms with E-state index in [2.05, 4.69) is 15.3 Å². The summed E-state index contributed by atoms with van der Waals surface area (Å²) < 4.78 is 55.6. The quantitative estimate of drug-likeness (QED) is 0.567. The van der Waals surface area contributed by atoms with Crippen LogP contribution in [0.15, 0.2) is 35.6 Å². The van der Waals surface area contributed by atoms with E-state index in [1.54, 1.807) is 24.7 Å². The van der Waals surface area contributed by atoms with Gasteiger partial charge in [0, 0.05) is 55.8 Å². The summed E-state index contributed by atoms with van der Waals surface area (Å²) in [6, 6.07) is 3.42. The summed E-state index contributed by atoms with van der Waals surface area (Å²) in [5.41, 5.74) is 0.342. The predicted molar refractivity (Wildman–Crippen MR) is 119 cm³/mol. The Labute approximate surface area is 194 Å². The molecule has 1 aliphatic rings. The molecule has 1 amide bonds. The van der Waals surface area contributed by atoms with Crippen LogP contribution in [-0.4, -0.2) is 46.3 Å². The van der Waals surface area contributed by atoms with Gasteiger partial charge in [-0.05, 0) is 31.4 Å². The third kappa shape index (κ3) is 5.12. The summed E-state index contributed by atoms with van der Waals surface area (Å²) >= 11 is 1.22. The zero-order valence-corrected chi connectivity index (χ0v) is 19.7. The molecule has 4 rings (SSSR count). The van der Waals surface area contributed by atoms with Crippen molar-refractivity contribution in [1.29, 1.82) is 0 Å². The lowest BCUT2D eigenvalue weighted by atomic mass is 9.97. The van der Waals surface area contributed by atoms with Gasteiger partial charge in [0.1, 0.15) is 17.5 Å². The first-order valence-electron chi connectivity index (χ1n) is 10.3. The zero-order chi connectivity index (χ0) is 23.8. The van der Waals surface area contributed by atoms with E-state index in [-0.39, 0.29) is 36.4 Å². The second kappa shape index (κ2) is 9.27. The van der Waals surface area contributed by atoms with Crippen LogP contribution in [0.3, 0.4) is 0 Å². The normalized spacial score (nSPS) is 15.6. The first-order chi connectivity index (χ1) is 15.6. The Morgan fingerprint density at radius 1 is 1.27 bits per heavy atom. The second-order valence-electron chi connectivity index (χ2n) is 7.95. The molecule has 1 saturated heterocycles. The van der Waals surface area contributed by atoms with Crippen molar-refractivity contribution in [1.82, 2.24) is 18.8 Å². The van der Waals surface area contributed by atoms with Crippen molar-refractivity contribution in [2.75, 3.05) is 18.4 Å². The fraction of sp³-hybridized carbons (Fsp3) is 0.381. The molecule has 33 heavy (non-hydrogen) atoms. The number of hydrogen-bond donors (Lipinski definition) is 1. The maximum absolute atomic E-state index is 13.9. The fourth-order valence-electron chi connectivity index (χ4n) is 3.65. The highest BCUT2D eigenvalue weighted by Crippen LogP contribution is 2.27. The van der Waals surface area contributed by atoms with Crippen LogP contribution in [0.4, 0.5) is 13.9 Å². The number of sulfonamides is 1. The van der Waals surface area contributed by atoms with Gasteiger partial charge in [-0.3, -0.25) is 4.79 Å². The molecule has 0 aliphatic carbocycles. The van der Waals surface area contributed by atoms with E-state index in [9.17, 15) is 22.0 Å². The Bertz CT molecular complexity index is 1260. The van der Waals surface area contributed by atoms with Gasteiger partial charge in [0.15, 0.2) is 10.2 Å². The number of carbonyl (C=O) groups excluding carboxylic acids is 1. The molecule has 0 saturated carbocycles. The number of benzene rings is 1. The van der Waals surface area contributed by atoms with Crippen LogP contribution in [-0.2, 0) is 28.3 Å². The Morgan fingerprint density at radius 2 is 2.00 bits per heavy atom. The fourth-order valence-corrected chi connectivity index (χ4v) is 5.98. The number of nitrogens with zero attached hydrogens (tertiary/aromatic N) is 4. The number of anilines is 1. The molecule has 3 heterocycles. The SMILES string of the molecule is Cc1nc(S(=O)(=O)N2CCC(C(=O)Nc3ncc(Cc4ccc(F)cc4F)s3)CC2)cn1C. The molecule has 1 aliphatic heterocycles. The molecular weight excluding hydrogens is 472 g/mol. The van der Waals surface area contributed by atoms with Gasteiger partial charge in [0.05, 0.1) is 0 Å². The second-order valence-corrected chi connectivity index (χ2v) is 10.9. The lowest BCUT2D eigenvalue weighted by molar-refractivity contribution is -0.120. The van der Waals surface area contributed by atoms with Crippen molar-refractivity contribution in [3.8, 4) is 0 Å². The molecule has 0 atom stereocenters. The third-order valence-corrected chi connectivity index (χ3v) is 8.36. The highest BCUT2D eigenvalue weighted by Gasteiger charge is 2.33. The Balaban J connectivity index is 1.33. The lowest BCUT2D eigenvalue weighted by Crippen LogP contribution is -2.41. The molecule has 1 aromatic carbocycles. The van der Waals surface area contributed by atoms with Gasteiger partial charge in [-0.25, -0.2) is 27.2 Å². The van der Waals surface area contributed by atoms with E-state index in [1.165, 1.54) is 34.0 Å². The molecular formula is C21H23F2N5O3S2. The molecule has 12 heteroatoms. The van der Waals surface area contributed by atoms with Crippen LogP contribution in [0.2, 0.25) is 0 Å². The van der Waals surface area contributed by atoms with E-state index < -0.39 is 21.7 Å². The number of aryl methyl sites for hydroxylation is 2. The summed E-state index contributed by atoms with van der Waals surface area (Å²) in [5.74, 6) is -1.23. The molecule has 3 aromatic rings. The molecule has 0 unspecified atom stereocenters. The van der Waals surface area contributed by atoms with E-state index >= 15 is 0 Å². The summed E-state index contributed by atoms with van der Waals surface area (Å²) in [6.07, 6.45) is 4.04. The Hall–Kier alpha value is -2.70.